The molecule has 8 heteroatoms. The number of rotatable bonds is 5. The average molecular weight is 371 g/mol. The third-order valence-corrected chi connectivity index (χ3v) is 4.74. The van der Waals surface area contributed by atoms with Crippen LogP contribution in [0.2, 0.25) is 0 Å². The smallest absolute Gasteiger partial charge is 0.270 e. The number of piperazine rings is 1. The van der Waals surface area contributed by atoms with Gasteiger partial charge in [-0.2, -0.15) is 0 Å². The molecule has 0 amide bonds. The topological polar surface area (TPSA) is 95.6 Å². The van der Waals surface area contributed by atoms with Gasteiger partial charge in [-0.05, 0) is 20.8 Å². The molecule has 1 saturated heterocycles. The van der Waals surface area contributed by atoms with E-state index >= 15 is 0 Å². The van der Waals surface area contributed by atoms with Crippen LogP contribution in [0.15, 0.2) is 30.3 Å². The summed E-state index contributed by atoms with van der Waals surface area (Å²) < 4.78 is 0. The van der Waals surface area contributed by atoms with E-state index in [1.165, 1.54) is 12.1 Å². The Balaban J connectivity index is 1.84. The molecule has 144 valence electrons. The first-order valence-electron chi connectivity index (χ1n) is 9.11. The van der Waals surface area contributed by atoms with E-state index in [2.05, 4.69) is 26.7 Å². The first kappa shape index (κ1) is 19.2. The molecule has 27 heavy (non-hydrogen) atoms. The van der Waals surface area contributed by atoms with Gasteiger partial charge in [0.1, 0.15) is 5.82 Å². The van der Waals surface area contributed by atoms with Gasteiger partial charge in [-0.25, -0.2) is 9.97 Å². The number of aliphatic hydroxyl groups is 1. The van der Waals surface area contributed by atoms with Crippen molar-refractivity contribution in [3.63, 3.8) is 0 Å². The highest BCUT2D eigenvalue weighted by molar-refractivity contribution is 5.61. The van der Waals surface area contributed by atoms with Crippen molar-refractivity contribution in [1.29, 1.82) is 0 Å². The van der Waals surface area contributed by atoms with Gasteiger partial charge in [0, 0.05) is 61.7 Å². The number of β-amino-alcohol motifs (C(OH)–C–C–N with tert-alkyl or cyclic N) is 1. The minimum Gasteiger partial charge on any atom is -0.392 e. The second-order valence-electron chi connectivity index (χ2n) is 7.14. The summed E-state index contributed by atoms with van der Waals surface area (Å²) in [5.41, 5.74) is 1.48. The number of nitrogens with zero attached hydrogens (tertiary/aromatic N) is 5. The van der Waals surface area contributed by atoms with Gasteiger partial charge < -0.3 is 10.0 Å². The quantitative estimate of drug-likeness (QED) is 0.636. The van der Waals surface area contributed by atoms with Crippen molar-refractivity contribution in [2.75, 3.05) is 31.1 Å². The predicted octanol–water partition coefficient (Wildman–Crippen LogP) is 2.25. The summed E-state index contributed by atoms with van der Waals surface area (Å²) in [6.07, 6.45) is -0.347. The van der Waals surface area contributed by atoms with Crippen molar-refractivity contribution in [1.82, 2.24) is 14.9 Å². The molecule has 1 fully saturated rings. The fraction of sp³-hybridized carbons (Fsp3) is 0.474. The predicted molar refractivity (Wildman–Crippen MR) is 104 cm³/mol. The number of non-ortho nitro benzene ring substituents is 1. The van der Waals surface area contributed by atoms with Crippen LogP contribution in [0.3, 0.4) is 0 Å². The molecule has 1 aliphatic rings. The summed E-state index contributed by atoms with van der Waals surface area (Å²) in [7, 11) is 0. The number of nitro groups is 1. The van der Waals surface area contributed by atoms with Crippen molar-refractivity contribution in [3.05, 3.63) is 46.1 Å². The van der Waals surface area contributed by atoms with E-state index < -0.39 is 4.92 Å². The van der Waals surface area contributed by atoms with Crippen LogP contribution in [0.4, 0.5) is 11.5 Å². The summed E-state index contributed by atoms with van der Waals surface area (Å²) >= 11 is 0. The number of aliphatic hydroxyl groups excluding tert-OH is 1. The lowest BCUT2D eigenvalue weighted by molar-refractivity contribution is -0.384. The Morgan fingerprint density at radius 1 is 1.33 bits per heavy atom. The molecule has 0 bridgehead atoms. The van der Waals surface area contributed by atoms with Crippen LogP contribution in [0.5, 0.6) is 0 Å². The molecule has 0 aliphatic carbocycles. The van der Waals surface area contributed by atoms with Gasteiger partial charge in [-0.3, -0.25) is 15.0 Å². The van der Waals surface area contributed by atoms with Crippen molar-refractivity contribution in [2.45, 2.75) is 32.9 Å². The third kappa shape index (κ3) is 4.58. The Labute approximate surface area is 158 Å². The minimum atomic E-state index is -0.413. The first-order chi connectivity index (χ1) is 12.8. The monoisotopic (exact) mass is 371 g/mol. The molecular formula is C19H25N5O3. The maximum absolute atomic E-state index is 11.0. The summed E-state index contributed by atoms with van der Waals surface area (Å²) in [6.45, 7) is 8.97. The molecule has 3 rings (SSSR count). The molecule has 0 spiro atoms. The van der Waals surface area contributed by atoms with Crippen LogP contribution in [0, 0.1) is 17.0 Å². The molecule has 2 atom stereocenters. The van der Waals surface area contributed by atoms with Crippen molar-refractivity contribution >= 4 is 11.5 Å². The highest BCUT2D eigenvalue weighted by Crippen LogP contribution is 2.25. The molecule has 1 aromatic heterocycles. The van der Waals surface area contributed by atoms with Crippen LogP contribution in [-0.2, 0) is 0 Å². The lowest BCUT2D eigenvalue weighted by Crippen LogP contribution is -2.53. The minimum absolute atomic E-state index is 0.0273. The van der Waals surface area contributed by atoms with Gasteiger partial charge in [0.05, 0.1) is 11.0 Å². The second kappa shape index (κ2) is 7.98. The zero-order chi connectivity index (χ0) is 19.6. The number of nitro benzene ring substituents is 1. The number of aromatic nitrogens is 2. The standard InChI is InChI=1S/C19H25N5O3/c1-13-9-18(23-8-7-22(12-15(3)25)14(2)11-23)21-19(20-13)16-5-4-6-17(10-16)24(26)27/h4-6,9-10,14-15,25H,7-8,11-12H2,1-3H3. The Bertz CT molecular complexity index is 827. The second-order valence-corrected chi connectivity index (χ2v) is 7.14. The van der Waals surface area contributed by atoms with Gasteiger partial charge in [0.25, 0.3) is 5.69 Å². The van der Waals surface area contributed by atoms with E-state index in [-0.39, 0.29) is 11.8 Å². The molecule has 8 nitrogen and oxygen atoms in total. The van der Waals surface area contributed by atoms with E-state index in [1.807, 2.05) is 13.0 Å². The fourth-order valence-electron chi connectivity index (χ4n) is 3.42. The highest BCUT2D eigenvalue weighted by Gasteiger charge is 2.25. The lowest BCUT2D eigenvalue weighted by atomic mass is 10.1. The summed E-state index contributed by atoms with van der Waals surface area (Å²) in [4.78, 5) is 24.3. The van der Waals surface area contributed by atoms with Gasteiger partial charge in [0.15, 0.2) is 5.82 Å². The molecule has 2 heterocycles. The van der Waals surface area contributed by atoms with E-state index in [1.54, 1.807) is 19.1 Å². The summed E-state index contributed by atoms with van der Waals surface area (Å²) in [6, 6.07) is 8.64. The Morgan fingerprint density at radius 3 is 2.78 bits per heavy atom. The molecule has 0 saturated carbocycles. The number of hydrogen-bond donors (Lipinski definition) is 1. The Morgan fingerprint density at radius 2 is 2.11 bits per heavy atom. The van der Waals surface area contributed by atoms with Crippen LogP contribution in [-0.4, -0.2) is 63.2 Å². The highest BCUT2D eigenvalue weighted by atomic mass is 16.6. The Kier molecular flexibility index (Phi) is 5.67. The summed E-state index contributed by atoms with van der Waals surface area (Å²) in [5, 5.41) is 20.7. The molecule has 1 N–H and O–H groups in total. The molecule has 2 aromatic rings. The Hall–Kier alpha value is -2.58. The molecular weight excluding hydrogens is 346 g/mol. The van der Waals surface area contributed by atoms with E-state index in [0.717, 1.165) is 31.1 Å². The van der Waals surface area contributed by atoms with Gasteiger partial charge in [0.2, 0.25) is 0 Å². The number of hydrogen-bond acceptors (Lipinski definition) is 7. The largest absolute Gasteiger partial charge is 0.392 e. The maximum Gasteiger partial charge on any atom is 0.270 e. The van der Waals surface area contributed by atoms with E-state index in [0.29, 0.717) is 24.0 Å². The fourth-order valence-corrected chi connectivity index (χ4v) is 3.42. The zero-order valence-corrected chi connectivity index (χ0v) is 15.9. The maximum atomic E-state index is 11.0. The van der Waals surface area contributed by atoms with Gasteiger partial charge >= 0.3 is 0 Å². The molecule has 2 unspecified atom stereocenters. The van der Waals surface area contributed by atoms with Crippen LogP contribution >= 0.6 is 0 Å². The summed E-state index contributed by atoms with van der Waals surface area (Å²) in [5.74, 6) is 1.32. The number of benzene rings is 1. The molecule has 0 radical (unpaired) electrons. The van der Waals surface area contributed by atoms with Crippen LogP contribution in [0.25, 0.3) is 11.4 Å². The normalized spacial score (nSPS) is 19.1. The molecule has 1 aromatic carbocycles. The van der Waals surface area contributed by atoms with Gasteiger partial charge in [-0.15, -0.1) is 0 Å². The van der Waals surface area contributed by atoms with Crippen LogP contribution < -0.4 is 4.90 Å². The third-order valence-electron chi connectivity index (χ3n) is 4.74. The zero-order valence-electron chi connectivity index (χ0n) is 15.9. The van der Waals surface area contributed by atoms with Crippen molar-refractivity contribution in [3.8, 4) is 11.4 Å². The van der Waals surface area contributed by atoms with Crippen molar-refractivity contribution in [2.24, 2.45) is 0 Å². The number of aryl methyl sites for hydroxylation is 1. The first-order valence-corrected chi connectivity index (χ1v) is 9.11. The SMILES string of the molecule is Cc1cc(N2CCN(CC(C)O)C(C)C2)nc(-c2cccc([N+](=O)[O-])c2)n1. The average Bonchev–Trinajstić information content (AvgIpc) is 2.62. The lowest BCUT2D eigenvalue weighted by Gasteiger charge is -2.41. The van der Waals surface area contributed by atoms with Gasteiger partial charge in [-0.1, -0.05) is 12.1 Å². The number of anilines is 1. The van der Waals surface area contributed by atoms with E-state index in [9.17, 15) is 15.2 Å². The van der Waals surface area contributed by atoms with E-state index in [4.69, 9.17) is 0 Å². The van der Waals surface area contributed by atoms with Crippen LogP contribution in [0.1, 0.15) is 19.5 Å². The van der Waals surface area contributed by atoms with Crippen molar-refractivity contribution < 1.29 is 10.0 Å². The molecule has 1 aliphatic heterocycles.